The third-order valence-electron chi connectivity index (χ3n) is 6.35. The fourth-order valence-electron chi connectivity index (χ4n) is 5.22. The van der Waals surface area contributed by atoms with Crippen molar-refractivity contribution in [2.75, 3.05) is 6.54 Å². The van der Waals surface area contributed by atoms with Crippen molar-refractivity contribution >= 4 is 35.4 Å². The lowest BCUT2D eigenvalue weighted by molar-refractivity contribution is 0.106. The Morgan fingerprint density at radius 1 is 1.15 bits per heavy atom. The molecule has 186 valence electrons. The summed E-state index contributed by atoms with van der Waals surface area (Å²) >= 11 is 6.86. The van der Waals surface area contributed by atoms with Crippen LogP contribution in [0.1, 0.15) is 91.0 Å². The maximum atomic E-state index is 10.9. The molecule has 1 fully saturated rings. The van der Waals surface area contributed by atoms with E-state index in [1.807, 2.05) is 12.1 Å². The molecule has 0 saturated heterocycles. The Hall–Kier alpha value is -1.47. The van der Waals surface area contributed by atoms with Crippen LogP contribution in [0.5, 0.6) is 5.75 Å². The molecule has 0 heterocycles. The number of amides is 1. The minimum Gasteiger partial charge on any atom is -0.464 e. The van der Waals surface area contributed by atoms with E-state index >= 15 is 0 Å². The van der Waals surface area contributed by atoms with Crippen LogP contribution in [-0.4, -0.2) is 28.2 Å². The van der Waals surface area contributed by atoms with Crippen LogP contribution in [0.25, 0.3) is 0 Å². The van der Waals surface area contributed by atoms with E-state index in [-0.39, 0.29) is 16.1 Å². The van der Waals surface area contributed by atoms with Gasteiger partial charge in [-0.3, -0.25) is 4.72 Å². The van der Waals surface area contributed by atoms with E-state index in [2.05, 4.69) is 49.9 Å². The zero-order chi connectivity index (χ0) is 24.3. The molecule has 1 saturated carbocycles. The minimum atomic E-state index is -0.989. The summed E-state index contributed by atoms with van der Waals surface area (Å²) in [5, 5.41) is 13.0. The lowest BCUT2D eigenvalue weighted by Crippen LogP contribution is -2.45. The van der Waals surface area contributed by atoms with Crippen molar-refractivity contribution in [3.8, 4) is 5.75 Å². The van der Waals surface area contributed by atoms with Gasteiger partial charge < -0.3 is 15.2 Å². The molecule has 1 aromatic carbocycles. The van der Waals surface area contributed by atoms with Crippen molar-refractivity contribution in [3.05, 3.63) is 29.8 Å². The van der Waals surface area contributed by atoms with E-state index in [1.54, 1.807) is 0 Å². The number of aryl methyl sites for hydroxylation is 1. The van der Waals surface area contributed by atoms with Crippen molar-refractivity contribution < 1.29 is 14.6 Å². The minimum absolute atomic E-state index is 0.00499. The van der Waals surface area contributed by atoms with Gasteiger partial charge in [-0.2, -0.15) is 0 Å². The lowest BCUT2D eigenvalue weighted by Gasteiger charge is -2.46. The molecular formula is C26H42N2O3S2. The Morgan fingerprint density at radius 3 is 2.58 bits per heavy atom. The van der Waals surface area contributed by atoms with Gasteiger partial charge in [0.1, 0.15) is 5.75 Å². The Kier molecular flexibility index (Phi) is 11.3. The lowest BCUT2D eigenvalue weighted by atomic mass is 9.64. The quantitative estimate of drug-likeness (QED) is 0.160. The number of ether oxygens (including phenoxy) is 1. The third kappa shape index (κ3) is 10.6. The Labute approximate surface area is 210 Å². The number of carboxylic acid groups (broad SMARTS) is 1. The molecule has 5 nitrogen and oxygen atoms in total. The summed E-state index contributed by atoms with van der Waals surface area (Å²) in [7, 11) is 0. The molecule has 1 amide bonds. The van der Waals surface area contributed by atoms with E-state index < -0.39 is 6.09 Å². The maximum Gasteiger partial charge on any atom is 0.414 e. The molecule has 2 unspecified atom stereocenters. The number of carbonyl (C=O) groups is 1. The first-order valence-corrected chi connectivity index (χ1v) is 13.6. The van der Waals surface area contributed by atoms with Gasteiger partial charge in [-0.25, -0.2) is 4.79 Å². The second-order valence-corrected chi connectivity index (χ2v) is 12.1. The third-order valence-corrected chi connectivity index (χ3v) is 7.54. The molecule has 0 aliphatic heterocycles. The van der Waals surface area contributed by atoms with E-state index in [9.17, 15) is 4.79 Å². The maximum absolute atomic E-state index is 10.9. The van der Waals surface area contributed by atoms with Gasteiger partial charge in [0.05, 0.1) is 0 Å². The first-order chi connectivity index (χ1) is 15.6. The van der Waals surface area contributed by atoms with Crippen LogP contribution in [-0.2, 0) is 6.42 Å². The molecule has 0 aromatic heterocycles. The molecule has 2 rings (SSSR count). The van der Waals surface area contributed by atoms with E-state index in [4.69, 9.17) is 22.1 Å². The van der Waals surface area contributed by atoms with Gasteiger partial charge in [0.15, 0.2) is 0 Å². The Bertz CT molecular complexity index is 772. The summed E-state index contributed by atoms with van der Waals surface area (Å²) in [6.07, 6.45) is 10.6. The summed E-state index contributed by atoms with van der Waals surface area (Å²) in [4.78, 5) is 10.9. The van der Waals surface area contributed by atoms with Crippen LogP contribution in [0.15, 0.2) is 24.3 Å². The normalized spacial score (nSPS) is 21.9. The van der Waals surface area contributed by atoms with Crippen molar-refractivity contribution in [1.29, 1.82) is 0 Å². The van der Waals surface area contributed by atoms with Crippen LogP contribution in [0, 0.1) is 10.8 Å². The zero-order valence-electron chi connectivity index (χ0n) is 20.7. The fraction of sp³-hybridized carbons (Fsp3) is 0.692. The van der Waals surface area contributed by atoms with Gasteiger partial charge in [0.2, 0.25) is 0 Å². The van der Waals surface area contributed by atoms with Crippen LogP contribution >= 0.6 is 24.2 Å². The van der Waals surface area contributed by atoms with Crippen LogP contribution in [0.3, 0.4) is 0 Å². The molecule has 1 aliphatic rings. The fourth-order valence-corrected chi connectivity index (χ4v) is 6.67. The Morgan fingerprint density at radius 2 is 1.85 bits per heavy atom. The van der Waals surface area contributed by atoms with Gasteiger partial charge in [-0.05, 0) is 78.7 Å². The average molecular weight is 495 g/mol. The largest absolute Gasteiger partial charge is 0.464 e. The highest BCUT2D eigenvalue weighted by molar-refractivity contribution is 7.98. The van der Waals surface area contributed by atoms with Crippen LogP contribution in [0.4, 0.5) is 4.79 Å². The molecule has 0 bridgehead atoms. The molecular weight excluding hydrogens is 452 g/mol. The van der Waals surface area contributed by atoms with Gasteiger partial charge in [0, 0.05) is 11.8 Å². The monoisotopic (exact) mass is 494 g/mol. The first-order valence-electron chi connectivity index (χ1n) is 12.3. The molecule has 33 heavy (non-hydrogen) atoms. The van der Waals surface area contributed by atoms with Crippen LogP contribution in [0.2, 0.25) is 0 Å². The zero-order valence-corrected chi connectivity index (χ0v) is 22.4. The summed E-state index contributed by atoms with van der Waals surface area (Å²) in [5.74, 6) is 0.844. The van der Waals surface area contributed by atoms with Crippen molar-refractivity contribution in [2.45, 2.75) is 97.2 Å². The molecule has 0 spiro atoms. The van der Waals surface area contributed by atoms with E-state index in [0.717, 1.165) is 31.4 Å². The first kappa shape index (κ1) is 27.8. The standard InChI is InChI=1S/C26H42N2O3S2/c1-5-6-7-8-9-10-13-20-14-11-12-15-22(20)31-24(32)27-19-26(4)17-21(33-28-23(29)30)16-25(2,3)18-26/h11-12,14-15,21,28H,5-10,13,16-19H2,1-4H3,(H,27,32)(H,29,30). The van der Waals surface area contributed by atoms with Gasteiger partial charge in [0.25, 0.3) is 5.17 Å². The number of thiocarbonyl (C=S) groups is 1. The summed E-state index contributed by atoms with van der Waals surface area (Å²) in [6.45, 7) is 9.72. The second kappa shape index (κ2) is 13.4. The van der Waals surface area contributed by atoms with Crippen LogP contribution < -0.4 is 14.8 Å². The predicted octanol–water partition coefficient (Wildman–Crippen LogP) is 7.34. The number of para-hydroxylation sites is 1. The highest BCUT2D eigenvalue weighted by Gasteiger charge is 2.41. The molecule has 7 heteroatoms. The summed E-state index contributed by atoms with van der Waals surface area (Å²) < 4.78 is 8.55. The van der Waals surface area contributed by atoms with Gasteiger partial charge in [-0.1, -0.05) is 78.0 Å². The summed E-state index contributed by atoms with van der Waals surface area (Å²) in [5.41, 5.74) is 1.35. The predicted molar refractivity (Wildman–Crippen MR) is 143 cm³/mol. The number of rotatable bonds is 12. The molecule has 3 N–H and O–H groups in total. The molecule has 1 aromatic rings. The molecule has 2 atom stereocenters. The van der Waals surface area contributed by atoms with E-state index in [0.29, 0.717) is 11.7 Å². The second-order valence-electron chi connectivity index (χ2n) is 10.6. The van der Waals surface area contributed by atoms with E-state index in [1.165, 1.54) is 56.0 Å². The summed E-state index contributed by atoms with van der Waals surface area (Å²) in [6, 6.07) is 8.18. The number of hydrogen-bond acceptors (Lipinski definition) is 4. The number of unbranched alkanes of at least 4 members (excludes halogenated alkanes) is 5. The van der Waals surface area contributed by atoms with Crippen molar-refractivity contribution in [3.63, 3.8) is 0 Å². The SMILES string of the molecule is CCCCCCCCc1ccccc1OC(=S)NCC1(C)CC(SNC(=O)O)CC(C)(C)C1. The average Bonchev–Trinajstić information content (AvgIpc) is 2.73. The van der Waals surface area contributed by atoms with Gasteiger partial charge >= 0.3 is 6.09 Å². The topological polar surface area (TPSA) is 70.6 Å². The molecule has 1 aliphatic carbocycles. The Balaban J connectivity index is 1.87. The number of benzene rings is 1. The highest BCUT2D eigenvalue weighted by atomic mass is 32.2. The van der Waals surface area contributed by atoms with Crippen molar-refractivity contribution in [1.82, 2.24) is 10.0 Å². The molecule has 0 radical (unpaired) electrons. The number of hydrogen-bond donors (Lipinski definition) is 3. The smallest absolute Gasteiger partial charge is 0.414 e. The highest BCUT2D eigenvalue weighted by Crippen LogP contribution is 2.48. The van der Waals surface area contributed by atoms with Gasteiger partial charge in [-0.15, -0.1) is 0 Å². The van der Waals surface area contributed by atoms with Crippen molar-refractivity contribution in [2.24, 2.45) is 10.8 Å². The number of nitrogens with one attached hydrogen (secondary N) is 2.